The topological polar surface area (TPSA) is 79.7 Å². The summed E-state index contributed by atoms with van der Waals surface area (Å²) in [7, 11) is 0. The number of hydrogen-bond acceptors (Lipinski definition) is 4. The van der Waals surface area contributed by atoms with Crippen LogP contribution >= 0.6 is 0 Å². The minimum atomic E-state index is -1.56. The van der Waals surface area contributed by atoms with Gasteiger partial charge in [0.25, 0.3) is 0 Å². The molecule has 0 spiro atoms. The first-order chi connectivity index (χ1) is 6.70. The van der Waals surface area contributed by atoms with Crippen LogP contribution in [0.5, 0.6) is 5.75 Å². The van der Waals surface area contributed by atoms with E-state index in [9.17, 15) is 9.90 Å². The average Bonchev–Trinajstić information content (AvgIpc) is 2.63. The number of hydrogen-bond donors (Lipinski definition) is 2. The molecular formula is C9H9NO4. The SMILES string of the molecule is O=C(O)C(O)c1nccc2c1CCO2. The van der Waals surface area contributed by atoms with E-state index in [1.165, 1.54) is 6.20 Å². The fraction of sp³-hybridized carbons (Fsp3) is 0.333. The number of aromatic nitrogens is 1. The zero-order valence-corrected chi connectivity index (χ0v) is 7.30. The molecule has 5 heteroatoms. The van der Waals surface area contributed by atoms with Crippen molar-refractivity contribution in [2.45, 2.75) is 12.5 Å². The predicted molar refractivity (Wildman–Crippen MR) is 46.0 cm³/mol. The first-order valence-corrected chi connectivity index (χ1v) is 4.21. The summed E-state index contributed by atoms with van der Waals surface area (Å²) >= 11 is 0. The molecule has 1 aliphatic heterocycles. The number of ether oxygens (including phenoxy) is 1. The van der Waals surface area contributed by atoms with Gasteiger partial charge in [-0.25, -0.2) is 4.79 Å². The fourth-order valence-electron chi connectivity index (χ4n) is 1.49. The van der Waals surface area contributed by atoms with Gasteiger partial charge in [-0.1, -0.05) is 0 Å². The minimum Gasteiger partial charge on any atom is -0.493 e. The smallest absolute Gasteiger partial charge is 0.338 e. The van der Waals surface area contributed by atoms with Gasteiger partial charge in [0.2, 0.25) is 0 Å². The van der Waals surface area contributed by atoms with Gasteiger partial charge >= 0.3 is 5.97 Å². The van der Waals surface area contributed by atoms with Crippen LogP contribution in [0.3, 0.4) is 0 Å². The number of rotatable bonds is 2. The normalized spacial score (nSPS) is 15.8. The van der Waals surface area contributed by atoms with Crippen LogP contribution in [0.15, 0.2) is 12.3 Å². The molecule has 0 radical (unpaired) electrons. The van der Waals surface area contributed by atoms with Gasteiger partial charge in [0, 0.05) is 18.2 Å². The molecule has 74 valence electrons. The largest absolute Gasteiger partial charge is 0.493 e. The summed E-state index contributed by atoms with van der Waals surface area (Å²) in [4.78, 5) is 14.4. The molecule has 1 aliphatic rings. The monoisotopic (exact) mass is 195 g/mol. The Hall–Kier alpha value is -1.62. The number of pyridine rings is 1. The van der Waals surface area contributed by atoms with Crippen molar-refractivity contribution >= 4 is 5.97 Å². The molecule has 0 aliphatic carbocycles. The van der Waals surface area contributed by atoms with Crippen LogP contribution in [0.25, 0.3) is 0 Å². The summed E-state index contributed by atoms with van der Waals surface area (Å²) in [5.41, 5.74) is 0.884. The van der Waals surface area contributed by atoms with E-state index < -0.39 is 12.1 Å². The number of carboxylic acid groups (broad SMARTS) is 1. The molecule has 14 heavy (non-hydrogen) atoms. The van der Waals surface area contributed by atoms with Gasteiger partial charge in [-0.15, -0.1) is 0 Å². The van der Waals surface area contributed by atoms with Crippen LogP contribution in [-0.4, -0.2) is 27.8 Å². The van der Waals surface area contributed by atoms with Gasteiger partial charge in [-0.3, -0.25) is 4.98 Å². The lowest BCUT2D eigenvalue weighted by Gasteiger charge is -2.08. The molecule has 1 unspecified atom stereocenters. The van der Waals surface area contributed by atoms with Crippen LogP contribution in [0, 0.1) is 0 Å². The van der Waals surface area contributed by atoms with Gasteiger partial charge in [-0.2, -0.15) is 0 Å². The minimum absolute atomic E-state index is 0.188. The van der Waals surface area contributed by atoms with Crippen molar-refractivity contribution < 1.29 is 19.7 Å². The summed E-state index contributed by atoms with van der Waals surface area (Å²) in [6, 6.07) is 1.67. The lowest BCUT2D eigenvalue weighted by atomic mass is 10.1. The van der Waals surface area contributed by atoms with E-state index in [2.05, 4.69) is 4.98 Å². The molecule has 2 rings (SSSR count). The molecule has 0 fully saturated rings. The number of aliphatic hydroxyl groups is 1. The van der Waals surface area contributed by atoms with Crippen molar-refractivity contribution in [3.63, 3.8) is 0 Å². The van der Waals surface area contributed by atoms with Crippen molar-refractivity contribution in [1.82, 2.24) is 4.98 Å². The highest BCUT2D eigenvalue weighted by molar-refractivity contribution is 5.74. The third-order valence-corrected chi connectivity index (χ3v) is 2.15. The number of nitrogens with zero attached hydrogens (tertiary/aromatic N) is 1. The summed E-state index contributed by atoms with van der Waals surface area (Å²) in [6.45, 7) is 0.514. The fourth-order valence-corrected chi connectivity index (χ4v) is 1.49. The van der Waals surface area contributed by atoms with Crippen LogP contribution in [-0.2, 0) is 11.2 Å². The molecular weight excluding hydrogens is 186 g/mol. The molecule has 1 aromatic heterocycles. The van der Waals surface area contributed by atoms with E-state index >= 15 is 0 Å². The first kappa shape index (κ1) is 8.96. The third kappa shape index (κ3) is 1.31. The molecule has 0 saturated heterocycles. The van der Waals surface area contributed by atoms with Crippen LogP contribution < -0.4 is 4.74 Å². The van der Waals surface area contributed by atoms with E-state index in [-0.39, 0.29) is 5.69 Å². The Morgan fingerprint density at radius 3 is 3.14 bits per heavy atom. The Kier molecular flexibility index (Phi) is 2.09. The zero-order chi connectivity index (χ0) is 10.1. The third-order valence-electron chi connectivity index (χ3n) is 2.15. The summed E-state index contributed by atoms with van der Waals surface area (Å²) in [5, 5.41) is 18.0. The van der Waals surface area contributed by atoms with E-state index in [1.54, 1.807) is 6.07 Å². The molecule has 2 heterocycles. The molecule has 0 bridgehead atoms. The van der Waals surface area contributed by atoms with Crippen molar-refractivity contribution in [2.75, 3.05) is 6.61 Å². The lowest BCUT2D eigenvalue weighted by Crippen LogP contribution is -2.13. The molecule has 2 N–H and O–H groups in total. The summed E-state index contributed by atoms with van der Waals surface area (Å²) in [5.74, 6) is -0.673. The maximum absolute atomic E-state index is 10.6. The Morgan fingerprint density at radius 1 is 1.64 bits per heavy atom. The van der Waals surface area contributed by atoms with Crippen molar-refractivity contribution in [3.8, 4) is 5.75 Å². The molecule has 1 aromatic rings. The Balaban J connectivity index is 2.44. The number of carboxylic acids is 1. The van der Waals surface area contributed by atoms with Crippen LogP contribution in [0.2, 0.25) is 0 Å². The van der Waals surface area contributed by atoms with Gasteiger partial charge in [0.15, 0.2) is 6.10 Å². The summed E-state index contributed by atoms with van der Waals surface area (Å²) < 4.78 is 5.22. The maximum atomic E-state index is 10.6. The highest BCUT2D eigenvalue weighted by Crippen LogP contribution is 2.29. The second kappa shape index (κ2) is 3.26. The van der Waals surface area contributed by atoms with Crippen LogP contribution in [0.4, 0.5) is 0 Å². The van der Waals surface area contributed by atoms with E-state index in [0.29, 0.717) is 24.3 Å². The van der Waals surface area contributed by atoms with Gasteiger partial charge in [-0.05, 0) is 6.07 Å². The van der Waals surface area contributed by atoms with E-state index in [4.69, 9.17) is 9.84 Å². The standard InChI is InChI=1S/C9H9NO4/c11-8(9(12)13)7-5-2-4-14-6(5)1-3-10-7/h1,3,8,11H,2,4H2,(H,12,13). The average molecular weight is 195 g/mol. The van der Waals surface area contributed by atoms with Gasteiger partial charge in [0.05, 0.1) is 12.3 Å². The van der Waals surface area contributed by atoms with Gasteiger partial charge < -0.3 is 14.9 Å². The quantitative estimate of drug-likeness (QED) is 0.701. The van der Waals surface area contributed by atoms with Crippen LogP contribution in [0.1, 0.15) is 17.4 Å². The highest BCUT2D eigenvalue weighted by Gasteiger charge is 2.25. The first-order valence-electron chi connectivity index (χ1n) is 4.21. The van der Waals surface area contributed by atoms with Crippen molar-refractivity contribution in [3.05, 3.63) is 23.5 Å². The van der Waals surface area contributed by atoms with Crippen molar-refractivity contribution in [1.29, 1.82) is 0 Å². The van der Waals surface area contributed by atoms with Gasteiger partial charge in [0.1, 0.15) is 5.75 Å². The molecule has 5 nitrogen and oxygen atoms in total. The second-order valence-corrected chi connectivity index (χ2v) is 3.01. The second-order valence-electron chi connectivity index (χ2n) is 3.01. The lowest BCUT2D eigenvalue weighted by molar-refractivity contribution is -0.147. The number of fused-ring (bicyclic) bond motifs is 1. The Bertz CT molecular complexity index is 377. The number of aliphatic hydroxyl groups excluding tert-OH is 1. The Morgan fingerprint density at radius 2 is 2.43 bits per heavy atom. The van der Waals surface area contributed by atoms with E-state index in [1.807, 2.05) is 0 Å². The van der Waals surface area contributed by atoms with Crippen molar-refractivity contribution in [2.24, 2.45) is 0 Å². The maximum Gasteiger partial charge on any atom is 0.338 e. The zero-order valence-electron chi connectivity index (χ0n) is 7.30. The number of carbonyl (C=O) groups is 1. The summed E-state index contributed by atoms with van der Waals surface area (Å²) in [6.07, 6.45) is 0.473. The number of aliphatic carboxylic acids is 1. The molecule has 0 amide bonds. The van der Waals surface area contributed by atoms with E-state index in [0.717, 1.165) is 0 Å². The molecule has 1 atom stereocenters. The molecule has 0 saturated carbocycles. The predicted octanol–water partition coefficient (Wildman–Crippen LogP) is 0.134. The molecule has 0 aromatic carbocycles. The highest BCUT2D eigenvalue weighted by atomic mass is 16.5. The Labute approximate surface area is 80.0 Å².